The van der Waals surface area contributed by atoms with E-state index in [0.717, 1.165) is 24.7 Å². The molecule has 1 aromatic carbocycles. The number of aromatic nitrogens is 4. The summed E-state index contributed by atoms with van der Waals surface area (Å²) in [6.45, 7) is 4.95. The molecule has 7 nitrogen and oxygen atoms in total. The third-order valence-corrected chi connectivity index (χ3v) is 4.02. The van der Waals surface area contributed by atoms with Crippen molar-refractivity contribution in [3.8, 4) is 0 Å². The van der Waals surface area contributed by atoms with Crippen molar-refractivity contribution >= 4 is 29.9 Å². The van der Waals surface area contributed by atoms with Crippen molar-refractivity contribution in [1.82, 2.24) is 30.2 Å². The first-order chi connectivity index (χ1) is 12.7. The van der Waals surface area contributed by atoms with E-state index >= 15 is 0 Å². The Morgan fingerprint density at radius 1 is 1.07 bits per heavy atom. The number of benzene rings is 1. The Hall–Kier alpha value is -2.36. The van der Waals surface area contributed by atoms with E-state index in [-0.39, 0.29) is 24.0 Å². The molecule has 0 aliphatic carbocycles. The van der Waals surface area contributed by atoms with Crippen LogP contribution in [0.3, 0.4) is 0 Å². The molecular weight excluding hydrogens is 453 g/mol. The Kier molecular flexibility index (Phi) is 8.31. The van der Waals surface area contributed by atoms with E-state index in [4.69, 9.17) is 4.99 Å². The normalized spacial score (nSPS) is 11.1. The minimum Gasteiger partial charge on any atom is -0.357 e. The summed E-state index contributed by atoms with van der Waals surface area (Å²) >= 11 is 0. The molecule has 0 saturated heterocycles. The summed E-state index contributed by atoms with van der Waals surface area (Å²) in [4.78, 5) is 4.69. The number of aliphatic imine (C=N–C) groups is 1. The van der Waals surface area contributed by atoms with Crippen LogP contribution in [-0.2, 0) is 26.7 Å². The molecule has 0 bridgehead atoms. The highest BCUT2D eigenvalue weighted by atomic mass is 127. The number of guanidine groups is 1. The summed E-state index contributed by atoms with van der Waals surface area (Å²) in [5.74, 6) is 0.797. The molecule has 0 unspecified atom stereocenters. The smallest absolute Gasteiger partial charge is 0.191 e. The molecule has 0 fully saturated rings. The van der Waals surface area contributed by atoms with E-state index in [1.165, 1.54) is 11.1 Å². The molecule has 3 rings (SSSR count). The lowest BCUT2D eigenvalue weighted by molar-refractivity contribution is 0.683. The molecule has 0 radical (unpaired) electrons. The molecule has 2 N–H and O–H groups in total. The average Bonchev–Trinajstić information content (AvgIpc) is 3.29. The number of hydrogen-bond acceptors (Lipinski definition) is 3. The van der Waals surface area contributed by atoms with Crippen molar-refractivity contribution < 1.29 is 0 Å². The molecule has 144 valence electrons. The lowest BCUT2D eigenvalue weighted by Crippen LogP contribution is -2.37. The van der Waals surface area contributed by atoms with Crippen molar-refractivity contribution in [2.75, 3.05) is 6.54 Å². The number of nitrogens with one attached hydrogen (secondary N) is 2. The first-order valence-corrected chi connectivity index (χ1v) is 8.79. The third kappa shape index (κ3) is 6.38. The number of nitrogens with zero attached hydrogens (tertiary/aromatic N) is 5. The fourth-order valence-electron chi connectivity index (χ4n) is 2.67. The molecule has 0 saturated carbocycles. The largest absolute Gasteiger partial charge is 0.357 e. The maximum absolute atomic E-state index is 4.69. The monoisotopic (exact) mass is 479 g/mol. The van der Waals surface area contributed by atoms with Crippen LogP contribution < -0.4 is 10.6 Å². The predicted octanol–water partition coefficient (Wildman–Crippen LogP) is 2.54. The molecule has 0 atom stereocenters. The van der Waals surface area contributed by atoms with Gasteiger partial charge >= 0.3 is 0 Å². The van der Waals surface area contributed by atoms with Gasteiger partial charge in [0.05, 0.1) is 25.3 Å². The van der Waals surface area contributed by atoms with Crippen LogP contribution in [0.25, 0.3) is 0 Å². The van der Waals surface area contributed by atoms with Crippen LogP contribution in [0, 0.1) is 0 Å². The Balaban J connectivity index is 0.00000261. The van der Waals surface area contributed by atoms with E-state index in [1.807, 2.05) is 34.7 Å². The van der Waals surface area contributed by atoms with Gasteiger partial charge in [0, 0.05) is 32.2 Å². The van der Waals surface area contributed by atoms with Crippen LogP contribution in [-0.4, -0.2) is 32.1 Å². The van der Waals surface area contributed by atoms with Gasteiger partial charge < -0.3 is 10.6 Å². The van der Waals surface area contributed by atoms with Crippen molar-refractivity contribution in [1.29, 1.82) is 0 Å². The summed E-state index contributed by atoms with van der Waals surface area (Å²) in [7, 11) is 1.94. The number of aryl methyl sites for hydroxylation is 1. The summed E-state index contributed by atoms with van der Waals surface area (Å²) in [5, 5.41) is 15.1. The molecule has 0 aliphatic rings. The Labute approximate surface area is 176 Å². The highest BCUT2D eigenvalue weighted by Gasteiger charge is 2.02. The maximum atomic E-state index is 4.69. The van der Waals surface area contributed by atoms with Crippen molar-refractivity contribution in [3.63, 3.8) is 0 Å². The van der Waals surface area contributed by atoms with Gasteiger partial charge in [-0.25, -0.2) is 4.99 Å². The van der Waals surface area contributed by atoms with E-state index in [0.29, 0.717) is 13.1 Å². The highest BCUT2D eigenvalue weighted by molar-refractivity contribution is 14.0. The second-order valence-corrected chi connectivity index (χ2v) is 6.02. The van der Waals surface area contributed by atoms with Gasteiger partial charge in [-0.3, -0.25) is 9.36 Å². The molecule has 27 heavy (non-hydrogen) atoms. The van der Waals surface area contributed by atoms with E-state index in [9.17, 15) is 0 Å². The van der Waals surface area contributed by atoms with Gasteiger partial charge in [0.25, 0.3) is 0 Å². The average molecular weight is 479 g/mol. The molecule has 2 heterocycles. The fourth-order valence-corrected chi connectivity index (χ4v) is 2.67. The second kappa shape index (κ2) is 10.7. The SMILES string of the molecule is CCNC(=NCc1cccc(Cn2cccn2)c1)NCc1ccnn1C.I. The molecule has 0 amide bonds. The zero-order valence-electron chi connectivity index (χ0n) is 15.7. The van der Waals surface area contributed by atoms with Crippen molar-refractivity contribution in [2.24, 2.45) is 12.0 Å². The fraction of sp³-hybridized carbons (Fsp3) is 0.316. The molecule has 0 spiro atoms. The summed E-state index contributed by atoms with van der Waals surface area (Å²) in [5.41, 5.74) is 3.50. The van der Waals surface area contributed by atoms with E-state index in [1.54, 1.807) is 12.4 Å². The van der Waals surface area contributed by atoms with Crippen molar-refractivity contribution in [2.45, 2.75) is 26.6 Å². The first-order valence-electron chi connectivity index (χ1n) is 8.79. The molecule has 8 heteroatoms. The van der Waals surface area contributed by atoms with Crippen LogP contribution in [0.2, 0.25) is 0 Å². The molecule has 2 aromatic heterocycles. The standard InChI is InChI=1S/C19H25N7.HI/c1-3-20-19(22-14-18-8-10-23-25(18)2)21-13-16-6-4-7-17(12-16)15-26-11-5-9-24-26;/h4-12H,3,13-15H2,1-2H3,(H2,20,21,22);1H. The zero-order chi connectivity index (χ0) is 18.2. The number of hydrogen-bond donors (Lipinski definition) is 2. The molecule has 0 aliphatic heterocycles. The van der Waals surface area contributed by atoms with Crippen LogP contribution in [0.15, 0.2) is 60.0 Å². The van der Waals surface area contributed by atoms with Gasteiger partial charge in [-0.05, 0) is 30.2 Å². The van der Waals surface area contributed by atoms with Gasteiger partial charge in [-0.15, -0.1) is 24.0 Å². The van der Waals surface area contributed by atoms with E-state index in [2.05, 4.69) is 52.0 Å². The van der Waals surface area contributed by atoms with Crippen LogP contribution >= 0.6 is 24.0 Å². The number of halogens is 1. The van der Waals surface area contributed by atoms with Gasteiger partial charge in [0.1, 0.15) is 0 Å². The predicted molar refractivity (Wildman–Crippen MR) is 118 cm³/mol. The topological polar surface area (TPSA) is 72.1 Å². The third-order valence-electron chi connectivity index (χ3n) is 4.02. The summed E-state index contributed by atoms with van der Waals surface area (Å²) in [6, 6.07) is 12.4. The Morgan fingerprint density at radius 2 is 1.93 bits per heavy atom. The molecule has 3 aromatic rings. The maximum Gasteiger partial charge on any atom is 0.191 e. The number of rotatable bonds is 7. The lowest BCUT2D eigenvalue weighted by Gasteiger charge is -2.11. The second-order valence-electron chi connectivity index (χ2n) is 6.02. The van der Waals surface area contributed by atoms with Crippen LogP contribution in [0.5, 0.6) is 0 Å². The quantitative estimate of drug-likeness (QED) is 0.311. The lowest BCUT2D eigenvalue weighted by atomic mass is 10.1. The summed E-state index contributed by atoms with van der Waals surface area (Å²) < 4.78 is 3.78. The van der Waals surface area contributed by atoms with Gasteiger partial charge in [0.2, 0.25) is 0 Å². The van der Waals surface area contributed by atoms with Gasteiger partial charge in [-0.2, -0.15) is 10.2 Å². The minimum absolute atomic E-state index is 0. The van der Waals surface area contributed by atoms with Crippen molar-refractivity contribution in [3.05, 3.63) is 71.8 Å². The van der Waals surface area contributed by atoms with Gasteiger partial charge in [0.15, 0.2) is 5.96 Å². The Morgan fingerprint density at radius 3 is 2.63 bits per heavy atom. The van der Waals surface area contributed by atoms with Crippen LogP contribution in [0.1, 0.15) is 23.7 Å². The first kappa shape index (κ1) is 20.9. The zero-order valence-corrected chi connectivity index (χ0v) is 18.0. The Bertz CT molecular complexity index is 839. The van der Waals surface area contributed by atoms with Gasteiger partial charge in [-0.1, -0.05) is 24.3 Å². The highest BCUT2D eigenvalue weighted by Crippen LogP contribution is 2.08. The molecular formula is C19H26IN7. The van der Waals surface area contributed by atoms with E-state index < -0.39 is 0 Å². The van der Waals surface area contributed by atoms with Crippen LogP contribution in [0.4, 0.5) is 0 Å². The summed E-state index contributed by atoms with van der Waals surface area (Å²) in [6.07, 6.45) is 5.56. The minimum atomic E-state index is 0.